The fourth-order valence-electron chi connectivity index (χ4n) is 3.57. The van der Waals surface area contributed by atoms with Crippen LogP contribution in [0.3, 0.4) is 0 Å². The molecule has 9 nitrogen and oxygen atoms in total. The van der Waals surface area contributed by atoms with Crippen molar-refractivity contribution >= 4 is 28.7 Å². The molecule has 1 atom stereocenters. The predicted octanol–water partition coefficient (Wildman–Crippen LogP) is 3.28. The summed E-state index contributed by atoms with van der Waals surface area (Å²) in [7, 11) is 1.52. The summed E-state index contributed by atoms with van der Waals surface area (Å²) in [6.07, 6.45) is 0.437. The first-order valence-electron chi connectivity index (χ1n) is 9.23. The molecule has 158 valence electrons. The van der Waals surface area contributed by atoms with Gasteiger partial charge in [-0.1, -0.05) is 12.1 Å². The Labute approximate surface area is 176 Å². The van der Waals surface area contributed by atoms with Gasteiger partial charge in [-0.25, -0.2) is 4.98 Å². The van der Waals surface area contributed by atoms with E-state index in [1.54, 1.807) is 19.9 Å². The van der Waals surface area contributed by atoms with Crippen LogP contribution in [0, 0.1) is 24.0 Å². The molecule has 1 aliphatic heterocycles. The van der Waals surface area contributed by atoms with Gasteiger partial charge in [0.25, 0.3) is 11.6 Å². The standard InChI is InChI=1S/C20H21N3O6S/c1-11-19(30-12(2)21-11)17(24)15-16(13-7-4-5-8-14(13)23(27)28)22(9-6-10-29-3)20(26)18(15)25/h4-5,7-8,16,25H,6,9-10H2,1-3H3. The van der Waals surface area contributed by atoms with Gasteiger partial charge in [-0.2, -0.15) is 0 Å². The van der Waals surface area contributed by atoms with E-state index in [0.29, 0.717) is 28.6 Å². The van der Waals surface area contributed by atoms with Crippen molar-refractivity contribution in [2.75, 3.05) is 20.3 Å². The average molecular weight is 431 g/mol. The summed E-state index contributed by atoms with van der Waals surface area (Å²) < 4.78 is 5.03. The van der Waals surface area contributed by atoms with Crippen LogP contribution in [0.2, 0.25) is 0 Å². The summed E-state index contributed by atoms with van der Waals surface area (Å²) in [5.41, 5.74) is 0.247. The zero-order valence-corrected chi connectivity index (χ0v) is 17.6. The Balaban J connectivity index is 2.15. The van der Waals surface area contributed by atoms with Crippen molar-refractivity contribution in [3.8, 4) is 0 Å². The molecule has 1 aromatic carbocycles. The van der Waals surface area contributed by atoms with E-state index in [2.05, 4.69) is 4.98 Å². The number of aryl methyl sites for hydroxylation is 2. The number of nitro groups is 1. The van der Waals surface area contributed by atoms with Crippen LogP contribution >= 0.6 is 11.3 Å². The summed E-state index contributed by atoms with van der Waals surface area (Å²) in [4.78, 5) is 43.1. The topological polar surface area (TPSA) is 123 Å². The number of carbonyl (C=O) groups excluding carboxylic acids is 2. The summed E-state index contributed by atoms with van der Waals surface area (Å²) >= 11 is 1.15. The number of amides is 1. The van der Waals surface area contributed by atoms with Gasteiger partial charge in [-0.05, 0) is 26.3 Å². The van der Waals surface area contributed by atoms with E-state index >= 15 is 0 Å². The Morgan fingerprint density at radius 3 is 2.67 bits per heavy atom. The van der Waals surface area contributed by atoms with Crippen LogP contribution in [0.5, 0.6) is 0 Å². The lowest BCUT2D eigenvalue weighted by Crippen LogP contribution is -2.33. The van der Waals surface area contributed by atoms with Crippen molar-refractivity contribution in [1.82, 2.24) is 9.88 Å². The highest BCUT2D eigenvalue weighted by Gasteiger charge is 2.46. The first kappa shape index (κ1) is 21.6. The highest BCUT2D eigenvalue weighted by molar-refractivity contribution is 7.14. The number of nitro benzene ring substituents is 1. The third-order valence-electron chi connectivity index (χ3n) is 4.83. The number of methoxy groups -OCH3 is 1. The number of benzene rings is 1. The van der Waals surface area contributed by atoms with Gasteiger partial charge in [-0.15, -0.1) is 11.3 Å². The van der Waals surface area contributed by atoms with Crippen LogP contribution in [-0.4, -0.2) is 51.9 Å². The van der Waals surface area contributed by atoms with Gasteiger partial charge in [-0.3, -0.25) is 19.7 Å². The molecule has 0 saturated carbocycles. The van der Waals surface area contributed by atoms with Crippen molar-refractivity contribution in [2.45, 2.75) is 26.3 Å². The van der Waals surface area contributed by atoms with Gasteiger partial charge in [0, 0.05) is 26.3 Å². The molecule has 0 spiro atoms. The van der Waals surface area contributed by atoms with E-state index in [-0.39, 0.29) is 23.4 Å². The summed E-state index contributed by atoms with van der Waals surface area (Å²) in [5.74, 6) is -1.98. The third kappa shape index (κ3) is 3.83. The molecule has 0 radical (unpaired) electrons. The summed E-state index contributed by atoms with van der Waals surface area (Å²) in [5, 5.41) is 22.9. The lowest BCUT2D eigenvalue weighted by atomic mass is 9.94. The molecule has 0 bridgehead atoms. The average Bonchev–Trinajstić information content (AvgIpc) is 3.18. The fourth-order valence-corrected chi connectivity index (χ4v) is 4.44. The summed E-state index contributed by atoms with van der Waals surface area (Å²) in [6.45, 7) is 3.93. The maximum Gasteiger partial charge on any atom is 0.290 e. The Morgan fingerprint density at radius 2 is 2.07 bits per heavy atom. The van der Waals surface area contributed by atoms with Crippen LogP contribution in [0.1, 0.15) is 38.4 Å². The molecule has 2 heterocycles. The molecular formula is C20H21N3O6S. The number of rotatable bonds is 8. The largest absolute Gasteiger partial charge is 0.503 e. The molecular weight excluding hydrogens is 410 g/mol. The lowest BCUT2D eigenvalue weighted by Gasteiger charge is -2.26. The molecule has 2 aromatic rings. The number of ether oxygens (including phenoxy) is 1. The van der Waals surface area contributed by atoms with Gasteiger partial charge in [0.15, 0.2) is 5.76 Å². The second kappa shape index (κ2) is 8.72. The normalized spacial score (nSPS) is 16.4. The Hall–Kier alpha value is -3.11. The minimum atomic E-state index is -1.08. The van der Waals surface area contributed by atoms with Gasteiger partial charge >= 0.3 is 0 Å². The predicted molar refractivity (Wildman–Crippen MR) is 110 cm³/mol. The second-order valence-electron chi connectivity index (χ2n) is 6.80. The number of carbonyl (C=O) groups is 2. The van der Waals surface area contributed by atoms with E-state index < -0.39 is 28.4 Å². The second-order valence-corrected chi connectivity index (χ2v) is 8.01. The van der Waals surface area contributed by atoms with E-state index in [0.717, 1.165) is 11.3 Å². The van der Waals surface area contributed by atoms with E-state index in [4.69, 9.17) is 4.74 Å². The fraction of sp³-hybridized carbons (Fsp3) is 0.350. The maximum absolute atomic E-state index is 13.4. The zero-order chi connectivity index (χ0) is 22.0. The molecule has 1 aromatic heterocycles. The number of thiazole rings is 1. The molecule has 1 aliphatic rings. The smallest absolute Gasteiger partial charge is 0.290 e. The number of hydrogen-bond donors (Lipinski definition) is 1. The molecule has 0 fully saturated rings. The number of para-hydroxylation sites is 1. The molecule has 3 rings (SSSR count). The number of aliphatic hydroxyl groups excluding tert-OH is 1. The number of nitrogens with zero attached hydrogens (tertiary/aromatic N) is 3. The van der Waals surface area contributed by atoms with Crippen LogP contribution in [0.25, 0.3) is 0 Å². The van der Waals surface area contributed by atoms with Gasteiger partial charge in [0.1, 0.15) is 0 Å². The highest BCUT2D eigenvalue weighted by Crippen LogP contribution is 2.43. The quantitative estimate of drug-likeness (QED) is 0.294. The molecule has 1 N–H and O–H groups in total. The van der Waals surface area contributed by atoms with Crippen molar-refractivity contribution in [1.29, 1.82) is 0 Å². The highest BCUT2D eigenvalue weighted by atomic mass is 32.1. The molecule has 1 unspecified atom stereocenters. The number of aliphatic hydroxyl groups is 1. The number of ketones is 1. The third-order valence-corrected chi connectivity index (χ3v) is 5.91. The summed E-state index contributed by atoms with van der Waals surface area (Å²) in [6, 6.07) is 4.84. The van der Waals surface area contributed by atoms with Gasteiger partial charge in [0.05, 0.1) is 37.7 Å². The van der Waals surface area contributed by atoms with E-state index in [1.165, 1.54) is 30.2 Å². The number of Topliss-reactive ketones (excluding diaryl/α,β-unsaturated/α-hetero) is 1. The maximum atomic E-state index is 13.4. The monoisotopic (exact) mass is 431 g/mol. The van der Waals surface area contributed by atoms with Crippen molar-refractivity contribution in [3.05, 3.63) is 66.9 Å². The molecule has 0 aliphatic carbocycles. The zero-order valence-electron chi connectivity index (χ0n) is 16.7. The number of aromatic nitrogens is 1. The first-order chi connectivity index (χ1) is 14.3. The molecule has 0 saturated heterocycles. The van der Waals surface area contributed by atoms with Gasteiger partial charge in [0.2, 0.25) is 5.78 Å². The molecule has 1 amide bonds. The SMILES string of the molecule is COCCCN1C(=O)C(O)=C(C(=O)c2sc(C)nc2C)C1c1ccccc1[N+](=O)[O-]. The molecule has 10 heteroatoms. The molecule has 30 heavy (non-hydrogen) atoms. The van der Waals surface area contributed by atoms with E-state index in [9.17, 15) is 24.8 Å². The van der Waals surface area contributed by atoms with Crippen LogP contribution < -0.4 is 0 Å². The Bertz CT molecular complexity index is 1040. The van der Waals surface area contributed by atoms with Crippen LogP contribution in [0.15, 0.2) is 35.6 Å². The van der Waals surface area contributed by atoms with Crippen molar-refractivity contribution in [3.63, 3.8) is 0 Å². The van der Waals surface area contributed by atoms with Crippen LogP contribution in [0.4, 0.5) is 5.69 Å². The number of hydrogen-bond acceptors (Lipinski definition) is 8. The minimum absolute atomic E-state index is 0.158. The van der Waals surface area contributed by atoms with Crippen molar-refractivity contribution < 1.29 is 24.4 Å². The van der Waals surface area contributed by atoms with E-state index in [1.807, 2.05) is 0 Å². The first-order valence-corrected chi connectivity index (χ1v) is 10.0. The van der Waals surface area contributed by atoms with Crippen LogP contribution in [-0.2, 0) is 9.53 Å². The Kier molecular flexibility index (Phi) is 6.28. The minimum Gasteiger partial charge on any atom is -0.503 e. The van der Waals surface area contributed by atoms with Gasteiger partial charge < -0.3 is 14.7 Å². The van der Waals surface area contributed by atoms with Crippen molar-refractivity contribution in [2.24, 2.45) is 0 Å². The lowest BCUT2D eigenvalue weighted by molar-refractivity contribution is -0.385. The Morgan fingerprint density at radius 1 is 1.37 bits per heavy atom.